The summed E-state index contributed by atoms with van der Waals surface area (Å²) in [6.07, 6.45) is 1.89. The van der Waals surface area contributed by atoms with Gasteiger partial charge >= 0.3 is 0 Å². The predicted octanol–water partition coefficient (Wildman–Crippen LogP) is 4.57. The van der Waals surface area contributed by atoms with Gasteiger partial charge in [0, 0.05) is 36.7 Å². The standard InChI is InChI=1S/C29H31FN2O3/c1-35-25-14-10-21(11-15-25)20-4-6-22(7-5-20)28-26-18-31(16-2-3-17-32(26)27(28)19-33)29(34)23-8-12-24(30)13-9-23/h4-15,26-28,33H,2-3,16-19H2,1H3/t26-,27-,28-/m0/s1. The van der Waals surface area contributed by atoms with Crippen LogP contribution in [0.4, 0.5) is 4.39 Å². The molecule has 1 N–H and O–H groups in total. The van der Waals surface area contributed by atoms with Gasteiger partial charge in [-0.1, -0.05) is 36.4 Å². The molecular weight excluding hydrogens is 443 g/mol. The molecule has 3 aromatic rings. The van der Waals surface area contributed by atoms with Crippen LogP contribution >= 0.6 is 0 Å². The van der Waals surface area contributed by atoms with Crippen LogP contribution in [-0.4, -0.2) is 66.2 Å². The molecule has 35 heavy (non-hydrogen) atoms. The zero-order valence-electron chi connectivity index (χ0n) is 19.9. The SMILES string of the molecule is COc1ccc(-c2ccc([C@@H]3[C@H](CO)N4CCCCN(C(=O)c5ccc(F)cc5)C[C@@H]34)cc2)cc1. The fourth-order valence-electron chi connectivity index (χ4n) is 5.58. The van der Waals surface area contributed by atoms with E-state index in [0.29, 0.717) is 18.7 Å². The number of aliphatic hydroxyl groups is 1. The highest BCUT2D eigenvalue weighted by Crippen LogP contribution is 2.42. The van der Waals surface area contributed by atoms with Crippen LogP contribution in [0.2, 0.25) is 0 Å². The zero-order chi connectivity index (χ0) is 24.4. The molecule has 0 aromatic heterocycles. The molecule has 0 unspecified atom stereocenters. The smallest absolute Gasteiger partial charge is 0.253 e. The Bertz CT molecular complexity index is 1150. The Hall–Kier alpha value is -3.22. The molecule has 6 heteroatoms. The van der Waals surface area contributed by atoms with Crippen LogP contribution < -0.4 is 4.74 Å². The third-order valence-electron chi connectivity index (χ3n) is 7.47. The van der Waals surface area contributed by atoms with Crippen molar-refractivity contribution in [3.63, 3.8) is 0 Å². The minimum Gasteiger partial charge on any atom is -0.497 e. The number of halogens is 1. The van der Waals surface area contributed by atoms with Crippen molar-refractivity contribution in [2.75, 3.05) is 33.4 Å². The number of methoxy groups -OCH3 is 1. The Balaban J connectivity index is 1.37. The minimum absolute atomic E-state index is 0.0488. The van der Waals surface area contributed by atoms with Crippen molar-refractivity contribution >= 4 is 5.91 Å². The molecule has 0 aliphatic carbocycles. The Morgan fingerprint density at radius 3 is 2.20 bits per heavy atom. The highest BCUT2D eigenvalue weighted by atomic mass is 19.1. The lowest BCUT2D eigenvalue weighted by molar-refractivity contribution is -0.0606. The lowest BCUT2D eigenvalue weighted by Gasteiger charge is -2.57. The van der Waals surface area contributed by atoms with Crippen molar-refractivity contribution in [1.29, 1.82) is 0 Å². The molecule has 2 saturated heterocycles. The van der Waals surface area contributed by atoms with Crippen molar-refractivity contribution in [2.45, 2.75) is 30.8 Å². The molecule has 0 radical (unpaired) electrons. The van der Waals surface area contributed by atoms with Gasteiger partial charge in [-0.2, -0.15) is 0 Å². The summed E-state index contributed by atoms with van der Waals surface area (Å²) in [5.74, 6) is 0.567. The summed E-state index contributed by atoms with van der Waals surface area (Å²) in [4.78, 5) is 17.5. The van der Waals surface area contributed by atoms with Crippen LogP contribution in [0.5, 0.6) is 5.75 Å². The van der Waals surface area contributed by atoms with Crippen LogP contribution in [0.3, 0.4) is 0 Å². The van der Waals surface area contributed by atoms with Crippen LogP contribution in [0.15, 0.2) is 72.8 Å². The number of rotatable bonds is 5. The third kappa shape index (κ3) is 4.68. The first-order valence-corrected chi connectivity index (χ1v) is 12.2. The molecule has 5 rings (SSSR count). The molecular formula is C29H31FN2O3. The van der Waals surface area contributed by atoms with E-state index in [9.17, 15) is 14.3 Å². The van der Waals surface area contributed by atoms with Gasteiger partial charge in [-0.3, -0.25) is 9.69 Å². The fraction of sp³-hybridized carbons (Fsp3) is 0.345. The average Bonchev–Trinajstić information content (AvgIpc) is 2.88. The second kappa shape index (κ2) is 10.2. The van der Waals surface area contributed by atoms with Crippen LogP contribution in [-0.2, 0) is 0 Å². The summed E-state index contributed by atoms with van der Waals surface area (Å²) in [5, 5.41) is 10.2. The number of amides is 1. The molecule has 3 aromatic carbocycles. The molecule has 5 nitrogen and oxygen atoms in total. The first-order chi connectivity index (χ1) is 17.1. The first-order valence-electron chi connectivity index (χ1n) is 12.2. The molecule has 2 aliphatic rings. The van der Waals surface area contributed by atoms with Gasteiger partial charge in [0.15, 0.2) is 0 Å². The zero-order valence-corrected chi connectivity index (χ0v) is 19.9. The maximum absolute atomic E-state index is 13.4. The number of aliphatic hydroxyl groups excluding tert-OH is 1. The van der Waals surface area contributed by atoms with E-state index in [0.717, 1.165) is 36.3 Å². The van der Waals surface area contributed by atoms with E-state index in [2.05, 4.69) is 29.2 Å². The highest BCUT2D eigenvalue weighted by molar-refractivity contribution is 5.94. The summed E-state index contributed by atoms with van der Waals surface area (Å²) >= 11 is 0. The topological polar surface area (TPSA) is 53.0 Å². The van der Waals surface area contributed by atoms with E-state index in [1.807, 2.05) is 29.2 Å². The third-order valence-corrected chi connectivity index (χ3v) is 7.47. The average molecular weight is 475 g/mol. The first kappa shape index (κ1) is 23.5. The number of carbonyl (C=O) groups is 1. The van der Waals surface area contributed by atoms with Gasteiger partial charge in [0.05, 0.1) is 13.7 Å². The Labute approximate surface area is 205 Å². The van der Waals surface area contributed by atoms with E-state index >= 15 is 0 Å². The Kier molecular flexibility index (Phi) is 6.84. The van der Waals surface area contributed by atoms with Crippen LogP contribution in [0.1, 0.15) is 34.7 Å². The minimum atomic E-state index is -0.344. The van der Waals surface area contributed by atoms with Gasteiger partial charge in [0.1, 0.15) is 11.6 Å². The van der Waals surface area contributed by atoms with Gasteiger partial charge in [0.2, 0.25) is 0 Å². The van der Waals surface area contributed by atoms with Gasteiger partial charge < -0.3 is 14.7 Å². The van der Waals surface area contributed by atoms with Gasteiger partial charge in [-0.25, -0.2) is 4.39 Å². The second-order valence-corrected chi connectivity index (χ2v) is 9.40. The second-order valence-electron chi connectivity index (χ2n) is 9.40. The summed E-state index contributed by atoms with van der Waals surface area (Å²) in [5.41, 5.74) is 3.93. The number of hydrogen-bond acceptors (Lipinski definition) is 4. The lowest BCUT2D eigenvalue weighted by atomic mass is 9.74. The van der Waals surface area contributed by atoms with Crippen molar-refractivity contribution < 1.29 is 19.0 Å². The number of carbonyl (C=O) groups excluding carboxylic acids is 1. The van der Waals surface area contributed by atoms with Gasteiger partial charge in [-0.05, 0) is 72.5 Å². The van der Waals surface area contributed by atoms with Crippen LogP contribution in [0.25, 0.3) is 11.1 Å². The van der Waals surface area contributed by atoms with E-state index in [-0.39, 0.29) is 36.3 Å². The molecule has 1 amide bonds. The summed E-state index contributed by atoms with van der Waals surface area (Å²) in [6, 6.07) is 22.5. The lowest BCUT2D eigenvalue weighted by Crippen LogP contribution is -2.67. The number of fused-ring (bicyclic) bond motifs is 1. The van der Waals surface area contributed by atoms with Gasteiger partial charge in [-0.15, -0.1) is 0 Å². The van der Waals surface area contributed by atoms with Gasteiger partial charge in [0.25, 0.3) is 5.91 Å². The number of ether oxygens (including phenoxy) is 1. The summed E-state index contributed by atoms with van der Waals surface area (Å²) in [6.45, 7) is 2.30. The monoisotopic (exact) mass is 474 g/mol. The summed E-state index contributed by atoms with van der Waals surface area (Å²) < 4.78 is 18.6. The fourth-order valence-corrected chi connectivity index (χ4v) is 5.58. The highest BCUT2D eigenvalue weighted by Gasteiger charge is 2.49. The molecule has 0 spiro atoms. The summed E-state index contributed by atoms with van der Waals surface area (Å²) in [7, 11) is 1.66. The van der Waals surface area contributed by atoms with E-state index < -0.39 is 0 Å². The van der Waals surface area contributed by atoms with Crippen molar-refractivity contribution in [3.8, 4) is 16.9 Å². The Morgan fingerprint density at radius 2 is 1.57 bits per heavy atom. The molecule has 2 heterocycles. The number of benzene rings is 3. The molecule has 182 valence electrons. The number of hydrogen-bond donors (Lipinski definition) is 1. The van der Waals surface area contributed by atoms with E-state index in [1.54, 1.807) is 19.2 Å². The molecule has 2 fully saturated rings. The number of nitrogens with zero attached hydrogens (tertiary/aromatic N) is 2. The molecule has 0 bridgehead atoms. The van der Waals surface area contributed by atoms with Crippen LogP contribution in [0, 0.1) is 5.82 Å². The van der Waals surface area contributed by atoms with Crippen molar-refractivity contribution in [1.82, 2.24) is 9.80 Å². The molecule has 3 atom stereocenters. The van der Waals surface area contributed by atoms with Crippen molar-refractivity contribution in [2.24, 2.45) is 0 Å². The molecule has 2 aliphatic heterocycles. The normalized spacial score (nSPS) is 22.5. The quantitative estimate of drug-likeness (QED) is 0.589. The largest absolute Gasteiger partial charge is 0.497 e. The predicted molar refractivity (Wildman–Crippen MR) is 134 cm³/mol. The van der Waals surface area contributed by atoms with E-state index in [4.69, 9.17) is 4.74 Å². The maximum atomic E-state index is 13.4. The maximum Gasteiger partial charge on any atom is 0.253 e. The van der Waals surface area contributed by atoms with Crippen molar-refractivity contribution in [3.05, 3.63) is 89.7 Å². The Morgan fingerprint density at radius 1 is 0.943 bits per heavy atom. The molecule has 0 saturated carbocycles. The van der Waals surface area contributed by atoms with E-state index in [1.165, 1.54) is 17.7 Å².